The van der Waals surface area contributed by atoms with Crippen molar-refractivity contribution in [2.24, 2.45) is 11.8 Å². The molecule has 2 rings (SSSR count). The molecule has 0 amide bonds. The summed E-state index contributed by atoms with van der Waals surface area (Å²) in [7, 11) is 2.25. The quantitative estimate of drug-likeness (QED) is 0.712. The molecule has 2 unspecified atom stereocenters. The zero-order chi connectivity index (χ0) is 10.8. The molecule has 0 aliphatic carbocycles. The molecular weight excluding hydrogens is 182 g/mol. The molecule has 0 spiro atoms. The van der Waals surface area contributed by atoms with Crippen molar-refractivity contribution < 1.29 is 0 Å². The van der Waals surface area contributed by atoms with Gasteiger partial charge in [-0.1, -0.05) is 44.2 Å². The lowest BCUT2D eigenvalue weighted by Gasteiger charge is -2.27. The molecule has 1 heterocycles. The van der Waals surface area contributed by atoms with Crippen LogP contribution in [-0.4, -0.2) is 18.5 Å². The van der Waals surface area contributed by atoms with Gasteiger partial charge >= 0.3 is 0 Å². The van der Waals surface area contributed by atoms with Gasteiger partial charge in [0.05, 0.1) is 0 Å². The van der Waals surface area contributed by atoms with Gasteiger partial charge in [-0.25, -0.2) is 0 Å². The van der Waals surface area contributed by atoms with Gasteiger partial charge in [0.15, 0.2) is 0 Å². The Kier molecular flexibility index (Phi) is 3.11. The van der Waals surface area contributed by atoms with E-state index in [4.69, 9.17) is 0 Å². The van der Waals surface area contributed by atoms with E-state index in [2.05, 4.69) is 56.1 Å². The van der Waals surface area contributed by atoms with Crippen molar-refractivity contribution in [2.75, 3.05) is 13.6 Å². The van der Waals surface area contributed by atoms with Crippen LogP contribution < -0.4 is 0 Å². The van der Waals surface area contributed by atoms with Crippen molar-refractivity contribution in [3.8, 4) is 0 Å². The number of hydrogen-bond donors (Lipinski definition) is 0. The van der Waals surface area contributed by atoms with Crippen molar-refractivity contribution in [3.63, 3.8) is 0 Å². The Bertz CT molecular complexity index is 304. The van der Waals surface area contributed by atoms with Gasteiger partial charge < -0.3 is 0 Å². The molecule has 82 valence electrons. The molecule has 2 atom stereocenters. The summed E-state index contributed by atoms with van der Waals surface area (Å²) in [5.41, 5.74) is 1.48. The van der Waals surface area contributed by atoms with E-state index in [-0.39, 0.29) is 0 Å². The lowest BCUT2D eigenvalue weighted by Crippen LogP contribution is -2.23. The van der Waals surface area contributed by atoms with E-state index in [0.717, 1.165) is 11.8 Å². The number of likely N-dealkylation sites (tertiary alicyclic amines) is 1. The second-order valence-corrected chi connectivity index (χ2v) is 5.03. The first kappa shape index (κ1) is 10.7. The monoisotopic (exact) mass is 203 g/mol. The maximum absolute atomic E-state index is 2.50. The molecule has 15 heavy (non-hydrogen) atoms. The molecule has 0 bridgehead atoms. The van der Waals surface area contributed by atoms with Crippen LogP contribution >= 0.6 is 0 Å². The average molecular weight is 203 g/mol. The second kappa shape index (κ2) is 4.36. The van der Waals surface area contributed by atoms with Crippen LogP contribution in [0.4, 0.5) is 0 Å². The van der Waals surface area contributed by atoms with Crippen molar-refractivity contribution in [3.05, 3.63) is 35.9 Å². The minimum Gasteiger partial charge on any atom is -0.299 e. The fraction of sp³-hybridized carbons (Fsp3) is 0.571. The Labute approximate surface area is 93.1 Å². The van der Waals surface area contributed by atoms with Crippen LogP contribution in [-0.2, 0) is 0 Å². The zero-order valence-corrected chi connectivity index (χ0v) is 9.98. The molecule has 1 aromatic carbocycles. The predicted molar refractivity (Wildman–Crippen MR) is 64.8 cm³/mol. The third-order valence-corrected chi connectivity index (χ3v) is 3.69. The highest BCUT2D eigenvalue weighted by Crippen LogP contribution is 2.39. The lowest BCUT2D eigenvalue weighted by atomic mass is 9.85. The second-order valence-electron chi connectivity index (χ2n) is 5.03. The minimum absolute atomic E-state index is 0.631. The molecule has 0 N–H and O–H groups in total. The molecule has 0 radical (unpaired) electrons. The van der Waals surface area contributed by atoms with Gasteiger partial charge in [0.25, 0.3) is 0 Å². The van der Waals surface area contributed by atoms with Gasteiger partial charge in [0.1, 0.15) is 0 Å². The Morgan fingerprint density at radius 2 is 1.87 bits per heavy atom. The van der Waals surface area contributed by atoms with E-state index in [0.29, 0.717) is 6.04 Å². The maximum Gasteiger partial charge on any atom is 0.0376 e. The van der Waals surface area contributed by atoms with E-state index in [9.17, 15) is 0 Å². The molecule has 1 aromatic rings. The largest absolute Gasteiger partial charge is 0.299 e. The summed E-state index contributed by atoms with van der Waals surface area (Å²) in [4.78, 5) is 2.50. The van der Waals surface area contributed by atoms with Crippen LogP contribution in [0.25, 0.3) is 0 Å². The van der Waals surface area contributed by atoms with Crippen molar-refractivity contribution in [2.45, 2.75) is 26.3 Å². The van der Waals surface area contributed by atoms with Gasteiger partial charge in [-0.3, -0.25) is 4.90 Å². The Hall–Kier alpha value is -0.820. The van der Waals surface area contributed by atoms with Gasteiger partial charge in [-0.15, -0.1) is 0 Å². The van der Waals surface area contributed by atoms with Gasteiger partial charge in [-0.2, -0.15) is 0 Å². The summed E-state index contributed by atoms with van der Waals surface area (Å²) in [6.45, 7) is 5.93. The fourth-order valence-electron chi connectivity index (χ4n) is 2.83. The highest BCUT2D eigenvalue weighted by molar-refractivity contribution is 5.21. The highest BCUT2D eigenvalue weighted by Gasteiger charge is 2.34. The smallest absolute Gasteiger partial charge is 0.0376 e. The van der Waals surface area contributed by atoms with E-state index >= 15 is 0 Å². The van der Waals surface area contributed by atoms with E-state index < -0.39 is 0 Å². The first-order chi connectivity index (χ1) is 7.20. The molecule has 1 aliphatic rings. The Morgan fingerprint density at radius 1 is 1.20 bits per heavy atom. The van der Waals surface area contributed by atoms with Crippen LogP contribution in [0.5, 0.6) is 0 Å². The predicted octanol–water partition coefficient (Wildman–Crippen LogP) is 3.34. The normalized spacial score (nSPS) is 27.5. The van der Waals surface area contributed by atoms with E-state index in [1.165, 1.54) is 18.5 Å². The van der Waals surface area contributed by atoms with Crippen LogP contribution in [0.15, 0.2) is 30.3 Å². The summed E-state index contributed by atoms with van der Waals surface area (Å²) < 4.78 is 0. The number of nitrogens with zero attached hydrogens (tertiary/aromatic N) is 1. The topological polar surface area (TPSA) is 3.24 Å². The van der Waals surface area contributed by atoms with Gasteiger partial charge in [-0.05, 0) is 37.4 Å². The molecule has 1 fully saturated rings. The summed E-state index contributed by atoms with van der Waals surface area (Å²) in [5.74, 6) is 1.59. The Balaban J connectivity index is 2.25. The summed E-state index contributed by atoms with van der Waals surface area (Å²) in [6, 6.07) is 11.6. The van der Waals surface area contributed by atoms with Gasteiger partial charge in [0.2, 0.25) is 0 Å². The lowest BCUT2D eigenvalue weighted by molar-refractivity contribution is 0.240. The molecule has 1 nitrogen and oxygen atoms in total. The molecule has 1 aliphatic heterocycles. The van der Waals surface area contributed by atoms with Crippen molar-refractivity contribution in [1.82, 2.24) is 4.90 Å². The molecule has 0 aromatic heterocycles. The summed E-state index contributed by atoms with van der Waals surface area (Å²) in [6.07, 6.45) is 1.34. The minimum atomic E-state index is 0.631. The number of hydrogen-bond acceptors (Lipinski definition) is 1. The molecule has 1 saturated heterocycles. The Morgan fingerprint density at radius 3 is 2.47 bits per heavy atom. The first-order valence-corrected chi connectivity index (χ1v) is 5.95. The summed E-state index contributed by atoms with van der Waals surface area (Å²) >= 11 is 0. The number of rotatable bonds is 2. The van der Waals surface area contributed by atoms with Crippen LogP contribution in [0.2, 0.25) is 0 Å². The van der Waals surface area contributed by atoms with E-state index in [1.54, 1.807) is 0 Å². The summed E-state index contributed by atoms with van der Waals surface area (Å²) in [5, 5.41) is 0. The third kappa shape index (κ3) is 2.07. The highest BCUT2D eigenvalue weighted by atomic mass is 15.2. The van der Waals surface area contributed by atoms with Crippen LogP contribution in [0.1, 0.15) is 31.9 Å². The average Bonchev–Trinajstić information content (AvgIpc) is 2.61. The van der Waals surface area contributed by atoms with Crippen LogP contribution in [0, 0.1) is 11.8 Å². The van der Waals surface area contributed by atoms with Crippen molar-refractivity contribution >= 4 is 0 Å². The molecule has 1 heteroatoms. The van der Waals surface area contributed by atoms with E-state index in [1.807, 2.05) is 0 Å². The van der Waals surface area contributed by atoms with Crippen LogP contribution in [0.3, 0.4) is 0 Å². The molecule has 0 saturated carbocycles. The third-order valence-electron chi connectivity index (χ3n) is 3.69. The maximum atomic E-state index is 2.50. The fourth-order valence-corrected chi connectivity index (χ4v) is 2.83. The molecular formula is C14H21N. The first-order valence-electron chi connectivity index (χ1n) is 5.95. The standard InChI is InChI=1S/C14H21N/c1-11(2)13-9-10-15(3)14(13)12-7-5-4-6-8-12/h4-8,11,13-14H,9-10H2,1-3H3. The zero-order valence-electron chi connectivity index (χ0n) is 9.98. The van der Waals surface area contributed by atoms with Crippen molar-refractivity contribution in [1.29, 1.82) is 0 Å². The van der Waals surface area contributed by atoms with Gasteiger partial charge in [0, 0.05) is 6.04 Å². The SMILES string of the molecule is CC(C)C1CCN(C)C1c1ccccc1. The number of benzene rings is 1.